The standard InChI is InChI=1S/C20H26O2/c1-3-22-18-6-4-5-15(12-18)20(21-2)19-16-8-13-7-14(10-16)11-17(19)9-13/h4-6,12-14,16-17H,3,7-11H2,1-2H3. The van der Waals surface area contributed by atoms with Crippen LogP contribution in [0.4, 0.5) is 0 Å². The maximum atomic E-state index is 5.92. The molecule has 1 aromatic rings. The molecule has 4 bridgehead atoms. The number of hydrogen-bond acceptors (Lipinski definition) is 2. The molecule has 118 valence electrons. The van der Waals surface area contributed by atoms with E-state index in [1.54, 1.807) is 5.57 Å². The minimum atomic E-state index is 0.705. The van der Waals surface area contributed by atoms with Crippen molar-refractivity contribution in [2.45, 2.75) is 39.0 Å². The lowest BCUT2D eigenvalue weighted by Crippen LogP contribution is -2.40. The first-order chi connectivity index (χ1) is 10.8. The second kappa shape index (κ2) is 5.64. The summed E-state index contributed by atoms with van der Waals surface area (Å²) in [5.74, 6) is 5.58. The van der Waals surface area contributed by atoms with Crippen molar-refractivity contribution in [2.75, 3.05) is 13.7 Å². The maximum absolute atomic E-state index is 5.92. The van der Waals surface area contributed by atoms with E-state index >= 15 is 0 Å². The Kier molecular flexibility index (Phi) is 3.63. The minimum Gasteiger partial charge on any atom is -0.496 e. The summed E-state index contributed by atoms with van der Waals surface area (Å²) in [5.41, 5.74) is 2.80. The molecule has 0 heterocycles. The third-order valence-corrected chi connectivity index (χ3v) is 5.89. The molecule has 22 heavy (non-hydrogen) atoms. The predicted octanol–water partition coefficient (Wildman–Crippen LogP) is 4.90. The molecule has 0 amide bonds. The Morgan fingerprint density at radius 2 is 1.73 bits per heavy atom. The molecule has 0 saturated heterocycles. The molecule has 0 radical (unpaired) electrons. The first-order valence-corrected chi connectivity index (χ1v) is 8.79. The summed E-state index contributed by atoms with van der Waals surface area (Å²) in [5, 5.41) is 0. The molecule has 0 aromatic heterocycles. The fraction of sp³-hybridized carbons (Fsp3) is 0.600. The zero-order chi connectivity index (χ0) is 15.1. The highest BCUT2D eigenvalue weighted by Gasteiger charge is 2.46. The molecule has 0 atom stereocenters. The van der Waals surface area contributed by atoms with Gasteiger partial charge in [-0.15, -0.1) is 0 Å². The molecule has 0 unspecified atom stereocenters. The third-order valence-electron chi connectivity index (χ3n) is 5.89. The lowest BCUT2D eigenvalue weighted by atomic mass is 9.54. The van der Waals surface area contributed by atoms with Crippen molar-refractivity contribution in [1.29, 1.82) is 0 Å². The van der Waals surface area contributed by atoms with Crippen LogP contribution >= 0.6 is 0 Å². The third kappa shape index (κ3) is 2.33. The van der Waals surface area contributed by atoms with Gasteiger partial charge >= 0.3 is 0 Å². The number of rotatable bonds is 4. The Hall–Kier alpha value is -1.44. The number of benzene rings is 1. The Morgan fingerprint density at radius 3 is 2.32 bits per heavy atom. The van der Waals surface area contributed by atoms with Gasteiger partial charge in [-0.2, -0.15) is 0 Å². The topological polar surface area (TPSA) is 18.5 Å². The number of methoxy groups -OCH3 is 1. The summed E-state index contributed by atoms with van der Waals surface area (Å²) in [6.07, 6.45) is 7.05. The Bertz CT molecular complexity index is 557. The van der Waals surface area contributed by atoms with Gasteiger partial charge in [0, 0.05) is 5.56 Å². The van der Waals surface area contributed by atoms with Gasteiger partial charge in [-0.1, -0.05) is 12.1 Å². The molecule has 5 rings (SSSR count). The van der Waals surface area contributed by atoms with Gasteiger partial charge in [0.25, 0.3) is 0 Å². The summed E-state index contributed by atoms with van der Waals surface area (Å²) in [7, 11) is 1.83. The summed E-state index contributed by atoms with van der Waals surface area (Å²) < 4.78 is 11.6. The van der Waals surface area contributed by atoms with Crippen molar-refractivity contribution in [1.82, 2.24) is 0 Å². The second-order valence-electron chi connectivity index (χ2n) is 7.25. The van der Waals surface area contributed by atoms with E-state index in [-0.39, 0.29) is 0 Å². The van der Waals surface area contributed by atoms with E-state index in [0.29, 0.717) is 6.61 Å². The molecule has 1 aromatic carbocycles. The summed E-state index contributed by atoms with van der Waals surface area (Å²) in [6, 6.07) is 8.41. The van der Waals surface area contributed by atoms with Crippen LogP contribution in [0.1, 0.15) is 44.6 Å². The van der Waals surface area contributed by atoms with E-state index in [4.69, 9.17) is 9.47 Å². The molecule has 0 aliphatic heterocycles. The fourth-order valence-corrected chi connectivity index (χ4v) is 5.36. The molecule has 0 spiro atoms. The van der Waals surface area contributed by atoms with Gasteiger partial charge < -0.3 is 9.47 Å². The smallest absolute Gasteiger partial charge is 0.125 e. The zero-order valence-corrected chi connectivity index (χ0v) is 13.7. The SMILES string of the molecule is CCOc1cccc(C(OC)=C2C3CC4CC(C3)CC2C4)c1. The van der Waals surface area contributed by atoms with Gasteiger partial charge in [0.2, 0.25) is 0 Å². The van der Waals surface area contributed by atoms with Crippen molar-refractivity contribution in [3.05, 3.63) is 35.4 Å². The van der Waals surface area contributed by atoms with E-state index in [9.17, 15) is 0 Å². The predicted molar refractivity (Wildman–Crippen MR) is 88.6 cm³/mol. The molecular formula is C20H26O2. The van der Waals surface area contributed by atoms with Gasteiger partial charge in [0.05, 0.1) is 13.7 Å². The van der Waals surface area contributed by atoms with Crippen LogP contribution in [-0.2, 0) is 4.74 Å². The second-order valence-corrected chi connectivity index (χ2v) is 7.25. The zero-order valence-electron chi connectivity index (χ0n) is 13.7. The Balaban J connectivity index is 1.73. The van der Waals surface area contributed by atoms with E-state index in [1.165, 1.54) is 37.7 Å². The quantitative estimate of drug-likeness (QED) is 0.736. The number of ether oxygens (including phenoxy) is 2. The highest BCUT2D eigenvalue weighted by molar-refractivity contribution is 5.66. The van der Waals surface area contributed by atoms with E-state index < -0.39 is 0 Å². The average Bonchev–Trinajstić information content (AvgIpc) is 2.51. The van der Waals surface area contributed by atoms with E-state index in [2.05, 4.69) is 18.2 Å². The molecule has 4 aliphatic carbocycles. The maximum Gasteiger partial charge on any atom is 0.125 e. The van der Waals surface area contributed by atoms with Gasteiger partial charge in [0.1, 0.15) is 11.5 Å². The molecule has 2 nitrogen and oxygen atoms in total. The molecule has 4 saturated carbocycles. The van der Waals surface area contributed by atoms with Crippen LogP contribution in [0, 0.1) is 23.7 Å². The van der Waals surface area contributed by atoms with Crippen LogP contribution < -0.4 is 4.74 Å². The van der Waals surface area contributed by atoms with Crippen molar-refractivity contribution >= 4 is 5.76 Å². The first-order valence-electron chi connectivity index (χ1n) is 8.79. The Labute approximate surface area is 133 Å². The van der Waals surface area contributed by atoms with Gasteiger partial charge in [0.15, 0.2) is 0 Å². The largest absolute Gasteiger partial charge is 0.496 e. The van der Waals surface area contributed by atoms with Crippen LogP contribution in [0.3, 0.4) is 0 Å². The van der Waals surface area contributed by atoms with Gasteiger partial charge in [-0.3, -0.25) is 0 Å². The number of hydrogen-bond donors (Lipinski definition) is 0. The monoisotopic (exact) mass is 298 g/mol. The molecule has 2 heteroatoms. The fourth-order valence-electron chi connectivity index (χ4n) is 5.36. The van der Waals surface area contributed by atoms with Crippen molar-refractivity contribution < 1.29 is 9.47 Å². The van der Waals surface area contributed by atoms with Crippen LogP contribution in [0.2, 0.25) is 0 Å². The molecule has 4 fully saturated rings. The van der Waals surface area contributed by atoms with Crippen LogP contribution in [-0.4, -0.2) is 13.7 Å². The molecular weight excluding hydrogens is 272 g/mol. The first kappa shape index (κ1) is 14.2. The van der Waals surface area contributed by atoms with Crippen molar-refractivity contribution in [2.24, 2.45) is 23.7 Å². The lowest BCUT2D eigenvalue weighted by Gasteiger charge is -2.51. The van der Waals surface area contributed by atoms with Crippen LogP contribution in [0.5, 0.6) is 5.75 Å². The highest BCUT2D eigenvalue weighted by Crippen LogP contribution is 2.57. The van der Waals surface area contributed by atoms with Crippen LogP contribution in [0.15, 0.2) is 29.8 Å². The number of allylic oxidation sites excluding steroid dienone is 1. The minimum absolute atomic E-state index is 0.705. The van der Waals surface area contributed by atoms with E-state index in [1.807, 2.05) is 20.1 Å². The molecule has 0 N–H and O–H groups in total. The lowest BCUT2D eigenvalue weighted by molar-refractivity contribution is 0.0675. The van der Waals surface area contributed by atoms with Gasteiger partial charge in [-0.25, -0.2) is 0 Å². The highest BCUT2D eigenvalue weighted by atomic mass is 16.5. The normalized spacial score (nSPS) is 32.2. The Morgan fingerprint density at radius 1 is 1.05 bits per heavy atom. The van der Waals surface area contributed by atoms with E-state index in [0.717, 1.165) is 35.2 Å². The molecule has 4 aliphatic rings. The summed E-state index contributed by atoms with van der Waals surface area (Å²) in [6.45, 7) is 2.73. The summed E-state index contributed by atoms with van der Waals surface area (Å²) >= 11 is 0. The van der Waals surface area contributed by atoms with Crippen LogP contribution in [0.25, 0.3) is 5.76 Å². The van der Waals surface area contributed by atoms with Crippen molar-refractivity contribution in [3.63, 3.8) is 0 Å². The van der Waals surface area contributed by atoms with Gasteiger partial charge in [-0.05, 0) is 80.4 Å². The average molecular weight is 298 g/mol. The summed E-state index contributed by atoms with van der Waals surface area (Å²) in [4.78, 5) is 0. The van der Waals surface area contributed by atoms with Crippen molar-refractivity contribution in [3.8, 4) is 5.75 Å².